The predicted octanol–water partition coefficient (Wildman–Crippen LogP) is 21.9. The highest BCUT2D eigenvalue weighted by Gasteiger charge is 2.30. The highest BCUT2D eigenvalue weighted by atomic mass is 31.2. The molecule has 0 aromatic rings. The lowest BCUT2D eigenvalue weighted by Gasteiger charge is -2.21. The van der Waals surface area contributed by atoms with Crippen molar-refractivity contribution in [3.63, 3.8) is 0 Å². The fourth-order valence-electron chi connectivity index (χ4n) is 10.6. The van der Waals surface area contributed by atoms with Gasteiger partial charge in [0.2, 0.25) is 0 Å². The molecular formula is C77H140O17P2. The van der Waals surface area contributed by atoms with Crippen molar-refractivity contribution in [3.8, 4) is 0 Å². The lowest BCUT2D eigenvalue weighted by molar-refractivity contribution is -0.161. The summed E-state index contributed by atoms with van der Waals surface area (Å²) in [6.07, 6.45) is 67.7. The van der Waals surface area contributed by atoms with E-state index in [0.29, 0.717) is 25.7 Å². The van der Waals surface area contributed by atoms with Crippen LogP contribution in [0.15, 0.2) is 60.8 Å². The average Bonchev–Trinajstić information content (AvgIpc) is 1.36. The van der Waals surface area contributed by atoms with Gasteiger partial charge >= 0.3 is 39.5 Å². The van der Waals surface area contributed by atoms with E-state index in [1.165, 1.54) is 135 Å². The lowest BCUT2D eigenvalue weighted by atomic mass is 10.0. The molecule has 0 rings (SSSR count). The Kier molecular flexibility index (Phi) is 67.8. The highest BCUT2D eigenvalue weighted by molar-refractivity contribution is 7.47. The molecule has 0 aromatic heterocycles. The zero-order chi connectivity index (χ0) is 70.4. The number of carbonyl (C=O) groups is 4. The Morgan fingerprint density at radius 1 is 0.292 bits per heavy atom. The summed E-state index contributed by atoms with van der Waals surface area (Å²) >= 11 is 0. The summed E-state index contributed by atoms with van der Waals surface area (Å²) < 4.78 is 68.4. The Balaban J connectivity index is 5.35. The number of hydrogen-bond donors (Lipinski definition) is 3. The van der Waals surface area contributed by atoms with Crippen LogP contribution in [0.1, 0.15) is 349 Å². The maximum absolute atomic E-state index is 13.1. The second kappa shape index (κ2) is 70.2. The van der Waals surface area contributed by atoms with Gasteiger partial charge in [0.25, 0.3) is 0 Å². The molecule has 0 radical (unpaired) electrons. The van der Waals surface area contributed by atoms with E-state index >= 15 is 0 Å². The van der Waals surface area contributed by atoms with Crippen molar-refractivity contribution < 1.29 is 80.2 Å². The number of esters is 4. The van der Waals surface area contributed by atoms with E-state index < -0.39 is 97.5 Å². The zero-order valence-corrected chi connectivity index (χ0v) is 62.8. The summed E-state index contributed by atoms with van der Waals surface area (Å²) in [7, 11) is -9.94. The van der Waals surface area contributed by atoms with Crippen molar-refractivity contribution in [3.05, 3.63) is 60.8 Å². The Bertz CT molecular complexity index is 2060. The number of phosphoric acid groups is 2. The number of aliphatic hydroxyl groups excluding tert-OH is 1. The van der Waals surface area contributed by atoms with Gasteiger partial charge < -0.3 is 33.8 Å². The number of aliphatic hydroxyl groups is 1. The molecule has 0 fully saturated rings. The van der Waals surface area contributed by atoms with Gasteiger partial charge in [-0.25, -0.2) is 9.13 Å². The first kappa shape index (κ1) is 92.8. The third-order valence-electron chi connectivity index (χ3n) is 16.5. The van der Waals surface area contributed by atoms with Crippen molar-refractivity contribution in [2.45, 2.75) is 367 Å². The summed E-state index contributed by atoms with van der Waals surface area (Å²) in [5, 5.41) is 10.6. The molecule has 0 saturated heterocycles. The molecule has 0 aliphatic rings. The van der Waals surface area contributed by atoms with Gasteiger partial charge in [-0.15, -0.1) is 0 Å². The number of rotatable bonds is 73. The SMILES string of the molecule is CCCCCC/C=C\C=C/CCCCCCCC(=O)OC[C@H](COP(=O)(O)OC[C@H](O)COP(=O)(O)OC[C@@H](COC(=O)CCCCCCCCCCCCCCC)OC(=O)CCCCCCC/C=C\CCCCCC)OC(=O)CCCCCCC/C=C\C=C/CCCCCC. The van der Waals surface area contributed by atoms with Crippen LogP contribution in [-0.4, -0.2) is 96.7 Å². The number of phosphoric ester groups is 2. The second-order valence-corrected chi connectivity index (χ2v) is 28.9. The molecule has 0 bridgehead atoms. The van der Waals surface area contributed by atoms with Crippen LogP contribution >= 0.6 is 15.6 Å². The minimum Gasteiger partial charge on any atom is -0.462 e. The standard InChI is InChI=1S/C77H140O17P2/c1-5-9-13-17-21-25-29-33-35-39-42-46-50-54-58-62-75(80)88-68-73(94-77(82)64-60-56-52-48-44-40-36-34-30-26-22-18-14-10-6-2)70-92-96(85,86)90-66-71(78)65-89-95(83,84)91-69-72(93-76(81)63-59-55-51-47-43-38-32-28-24-20-16-12-8-4)67-87-74(79)61-57-53-49-45-41-37-31-27-23-19-15-11-7-3/h25-26,28-30,32-36,71-73,78H,5-24,27,31,37-70H2,1-4H3,(H,83,84)(H,85,86)/b29-25-,30-26-,32-28-,35-33-,36-34-/t71-,72-,73-/m1/s1. The minimum absolute atomic E-state index is 0.0772. The summed E-state index contributed by atoms with van der Waals surface area (Å²) in [5.74, 6) is -2.19. The quantitative estimate of drug-likeness (QED) is 0.0128. The first-order valence-corrected chi connectivity index (χ1v) is 41.6. The molecule has 0 amide bonds. The maximum atomic E-state index is 13.1. The Labute approximate surface area is 584 Å². The molecular weight excluding hydrogens is 1260 g/mol. The maximum Gasteiger partial charge on any atom is 0.472 e. The molecule has 0 aromatic carbocycles. The molecule has 0 aliphatic heterocycles. The van der Waals surface area contributed by atoms with Crippen LogP contribution in [0, 0.1) is 0 Å². The van der Waals surface area contributed by atoms with E-state index in [4.69, 9.17) is 37.0 Å². The first-order chi connectivity index (χ1) is 46.7. The highest BCUT2D eigenvalue weighted by Crippen LogP contribution is 2.45. The van der Waals surface area contributed by atoms with Crippen LogP contribution < -0.4 is 0 Å². The molecule has 0 saturated carbocycles. The van der Waals surface area contributed by atoms with E-state index in [9.17, 15) is 43.2 Å². The minimum atomic E-state index is -4.97. The van der Waals surface area contributed by atoms with Crippen LogP contribution in [0.25, 0.3) is 0 Å². The molecule has 0 spiro atoms. The molecule has 17 nitrogen and oxygen atoms in total. The predicted molar refractivity (Wildman–Crippen MR) is 390 cm³/mol. The molecule has 2 unspecified atom stereocenters. The van der Waals surface area contributed by atoms with Gasteiger partial charge in [-0.2, -0.15) is 0 Å². The largest absolute Gasteiger partial charge is 0.472 e. The lowest BCUT2D eigenvalue weighted by Crippen LogP contribution is -2.30. The zero-order valence-electron chi connectivity index (χ0n) is 61.1. The van der Waals surface area contributed by atoms with Crippen LogP contribution in [0.5, 0.6) is 0 Å². The summed E-state index contributed by atoms with van der Waals surface area (Å²) in [6.45, 7) is 4.82. The fourth-order valence-corrected chi connectivity index (χ4v) is 12.1. The van der Waals surface area contributed by atoms with Gasteiger partial charge in [-0.05, 0) is 103 Å². The van der Waals surface area contributed by atoms with Gasteiger partial charge in [0.05, 0.1) is 26.4 Å². The molecule has 5 atom stereocenters. The van der Waals surface area contributed by atoms with Gasteiger partial charge in [-0.3, -0.25) is 37.3 Å². The fraction of sp³-hybridized carbons (Fsp3) is 0.818. The van der Waals surface area contributed by atoms with Crippen LogP contribution in [0.4, 0.5) is 0 Å². The van der Waals surface area contributed by atoms with E-state index in [1.807, 2.05) is 0 Å². The van der Waals surface area contributed by atoms with Gasteiger partial charge in [0.1, 0.15) is 19.3 Å². The average molecular weight is 1400 g/mol. The van der Waals surface area contributed by atoms with Crippen LogP contribution in [-0.2, 0) is 65.4 Å². The normalized spacial score (nSPS) is 14.3. The van der Waals surface area contributed by atoms with Crippen molar-refractivity contribution in [1.29, 1.82) is 0 Å². The van der Waals surface area contributed by atoms with Gasteiger partial charge in [0, 0.05) is 25.7 Å². The summed E-state index contributed by atoms with van der Waals surface area (Å²) in [4.78, 5) is 72.8. The molecule has 3 N–H and O–H groups in total. The molecule has 96 heavy (non-hydrogen) atoms. The molecule has 19 heteroatoms. The van der Waals surface area contributed by atoms with Crippen molar-refractivity contribution in [2.75, 3.05) is 39.6 Å². The van der Waals surface area contributed by atoms with E-state index in [-0.39, 0.29) is 25.7 Å². The van der Waals surface area contributed by atoms with Crippen molar-refractivity contribution in [2.24, 2.45) is 0 Å². The number of hydrogen-bond acceptors (Lipinski definition) is 15. The van der Waals surface area contributed by atoms with Crippen molar-refractivity contribution >= 4 is 39.5 Å². The Hall–Kier alpha value is -3.24. The van der Waals surface area contributed by atoms with Crippen LogP contribution in [0.3, 0.4) is 0 Å². The summed E-state index contributed by atoms with van der Waals surface area (Å²) in [6, 6.07) is 0. The van der Waals surface area contributed by atoms with E-state index in [2.05, 4.69) is 88.5 Å². The Morgan fingerprint density at radius 2 is 0.510 bits per heavy atom. The second-order valence-electron chi connectivity index (χ2n) is 26.0. The third-order valence-corrected chi connectivity index (χ3v) is 18.4. The monoisotopic (exact) mass is 1400 g/mol. The first-order valence-electron chi connectivity index (χ1n) is 38.6. The number of ether oxygens (including phenoxy) is 4. The van der Waals surface area contributed by atoms with Gasteiger partial charge in [0.15, 0.2) is 12.2 Å². The molecule has 0 aliphatic carbocycles. The van der Waals surface area contributed by atoms with E-state index in [0.717, 1.165) is 135 Å². The van der Waals surface area contributed by atoms with Gasteiger partial charge in [-0.1, -0.05) is 281 Å². The molecule has 0 heterocycles. The molecule has 560 valence electrons. The third kappa shape index (κ3) is 69.2. The van der Waals surface area contributed by atoms with Crippen LogP contribution in [0.2, 0.25) is 0 Å². The van der Waals surface area contributed by atoms with Crippen molar-refractivity contribution in [1.82, 2.24) is 0 Å². The number of unbranched alkanes of at least 4 members (excludes halogenated alkanes) is 39. The Morgan fingerprint density at radius 3 is 0.792 bits per heavy atom. The number of carbonyl (C=O) groups excluding carboxylic acids is 4. The summed E-state index contributed by atoms with van der Waals surface area (Å²) in [5.41, 5.74) is 0. The van der Waals surface area contributed by atoms with E-state index in [1.54, 1.807) is 0 Å². The topological polar surface area (TPSA) is 237 Å². The number of allylic oxidation sites excluding steroid dienone is 10. The smallest absolute Gasteiger partial charge is 0.462 e.